The second-order valence-electron chi connectivity index (χ2n) is 5.28. The summed E-state index contributed by atoms with van der Waals surface area (Å²) in [6.45, 7) is 5.21. The molecule has 1 aromatic heterocycles. The summed E-state index contributed by atoms with van der Waals surface area (Å²) in [5.41, 5.74) is 1.45. The zero-order valence-corrected chi connectivity index (χ0v) is 13.6. The first-order valence-corrected chi connectivity index (χ1v) is 7.75. The summed E-state index contributed by atoms with van der Waals surface area (Å²) in [6, 6.07) is 7.33. The van der Waals surface area contributed by atoms with E-state index in [0.717, 1.165) is 32.0 Å². The Labute approximate surface area is 138 Å². The standard InChI is InChI=1S/C14H18N6O2S/c1-11(21)15-12-3-2-4-13(9-12)20-14(23)19(16-17-20)10-18-5-7-22-8-6-18/h2-4,9H,5-8,10H2,1H3,(H,15,21). The van der Waals surface area contributed by atoms with Crippen molar-refractivity contribution >= 4 is 23.8 Å². The van der Waals surface area contributed by atoms with E-state index < -0.39 is 0 Å². The van der Waals surface area contributed by atoms with Gasteiger partial charge in [0.15, 0.2) is 0 Å². The van der Waals surface area contributed by atoms with Crippen molar-refractivity contribution < 1.29 is 9.53 Å². The van der Waals surface area contributed by atoms with Gasteiger partial charge < -0.3 is 10.1 Å². The molecule has 2 aromatic rings. The Morgan fingerprint density at radius 1 is 1.35 bits per heavy atom. The minimum Gasteiger partial charge on any atom is -0.379 e. The Morgan fingerprint density at radius 3 is 2.87 bits per heavy atom. The van der Waals surface area contributed by atoms with Gasteiger partial charge in [-0.25, -0.2) is 4.68 Å². The third-order valence-electron chi connectivity index (χ3n) is 3.49. The summed E-state index contributed by atoms with van der Waals surface area (Å²) >= 11 is 5.46. The van der Waals surface area contributed by atoms with Gasteiger partial charge in [0.25, 0.3) is 0 Å². The molecular formula is C14H18N6O2S. The van der Waals surface area contributed by atoms with Crippen LogP contribution in [0.3, 0.4) is 0 Å². The molecule has 0 radical (unpaired) electrons. The predicted molar refractivity (Wildman–Crippen MR) is 86.9 cm³/mol. The third-order valence-corrected chi connectivity index (χ3v) is 3.87. The highest BCUT2D eigenvalue weighted by molar-refractivity contribution is 7.71. The maximum atomic E-state index is 11.2. The van der Waals surface area contributed by atoms with Gasteiger partial charge in [0.1, 0.15) is 0 Å². The average Bonchev–Trinajstić information content (AvgIpc) is 2.89. The van der Waals surface area contributed by atoms with Gasteiger partial charge in [-0.05, 0) is 40.8 Å². The quantitative estimate of drug-likeness (QED) is 0.842. The predicted octanol–water partition coefficient (Wildman–Crippen LogP) is 1.05. The molecule has 122 valence electrons. The van der Waals surface area contributed by atoms with Crippen LogP contribution in [0, 0.1) is 4.77 Å². The Bertz CT molecular complexity index is 750. The number of hydrogen-bond acceptors (Lipinski definition) is 6. The van der Waals surface area contributed by atoms with Crippen molar-refractivity contribution in [1.29, 1.82) is 0 Å². The van der Waals surface area contributed by atoms with Crippen LogP contribution in [0.5, 0.6) is 0 Å². The van der Waals surface area contributed by atoms with Gasteiger partial charge in [0, 0.05) is 25.7 Å². The molecule has 2 heterocycles. The third kappa shape index (κ3) is 3.81. The average molecular weight is 334 g/mol. The fourth-order valence-corrected chi connectivity index (χ4v) is 2.61. The maximum Gasteiger partial charge on any atom is 0.221 e. The van der Waals surface area contributed by atoms with Gasteiger partial charge in [-0.2, -0.15) is 4.68 Å². The summed E-state index contributed by atoms with van der Waals surface area (Å²) in [5.74, 6) is -0.123. The largest absolute Gasteiger partial charge is 0.379 e. The molecule has 1 amide bonds. The number of aromatic nitrogens is 4. The van der Waals surface area contributed by atoms with E-state index in [1.54, 1.807) is 9.36 Å². The Kier molecular flexibility index (Phi) is 4.79. The molecular weight excluding hydrogens is 316 g/mol. The first-order valence-electron chi connectivity index (χ1n) is 7.34. The number of nitrogens with zero attached hydrogens (tertiary/aromatic N) is 5. The number of tetrazole rings is 1. The van der Waals surface area contributed by atoms with Crippen LogP contribution >= 0.6 is 12.2 Å². The minimum absolute atomic E-state index is 0.123. The van der Waals surface area contributed by atoms with Crippen LogP contribution in [-0.4, -0.2) is 56.9 Å². The summed E-state index contributed by atoms with van der Waals surface area (Å²) in [7, 11) is 0. The highest BCUT2D eigenvalue weighted by Gasteiger charge is 2.13. The van der Waals surface area contributed by atoms with Crippen LogP contribution in [0.1, 0.15) is 6.92 Å². The monoisotopic (exact) mass is 334 g/mol. The lowest BCUT2D eigenvalue weighted by Crippen LogP contribution is -2.37. The number of anilines is 1. The van der Waals surface area contributed by atoms with Crippen molar-refractivity contribution in [3.05, 3.63) is 29.0 Å². The van der Waals surface area contributed by atoms with E-state index in [9.17, 15) is 4.79 Å². The number of morpholine rings is 1. The van der Waals surface area contributed by atoms with Crippen LogP contribution < -0.4 is 5.32 Å². The van der Waals surface area contributed by atoms with Crippen LogP contribution in [-0.2, 0) is 16.2 Å². The zero-order valence-electron chi connectivity index (χ0n) is 12.8. The van der Waals surface area contributed by atoms with E-state index in [4.69, 9.17) is 17.0 Å². The van der Waals surface area contributed by atoms with E-state index in [1.165, 1.54) is 6.92 Å². The molecule has 1 saturated heterocycles. The van der Waals surface area contributed by atoms with Gasteiger partial charge in [0.2, 0.25) is 10.7 Å². The topological polar surface area (TPSA) is 77.2 Å². The van der Waals surface area contributed by atoms with Crippen molar-refractivity contribution in [3.8, 4) is 5.69 Å². The van der Waals surface area contributed by atoms with Crippen LogP contribution in [0.15, 0.2) is 24.3 Å². The molecule has 0 saturated carbocycles. The van der Waals surface area contributed by atoms with Gasteiger partial charge in [-0.3, -0.25) is 9.69 Å². The van der Waals surface area contributed by atoms with E-state index in [-0.39, 0.29) is 5.91 Å². The molecule has 1 N–H and O–H groups in total. The molecule has 0 bridgehead atoms. The number of hydrogen-bond donors (Lipinski definition) is 1. The van der Waals surface area contributed by atoms with Gasteiger partial charge >= 0.3 is 0 Å². The van der Waals surface area contributed by atoms with Crippen molar-refractivity contribution in [2.75, 3.05) is 31.6 Å². The first-order chi connectivity index (χ1) is 11.1. The van der Waals surface area contributed by atoms with Crippen molar-refractivity contribution in [2.45, 2.75) is 13.6 Å². The fourth-order valence-electron chi connectivity index (χ4n) is 2.38. The number of benzene rings is 1. The molecule has 0 atom stereocenters. The number of amides is 1. The van der Waals surface area contributed by atoms with E-state index >= 15 is 0 Å². The zero-order chi connectivity index (χ0) is 16.2. The maximum absolute atomic E-state index is 11.2. The van der Waals surface area contributed by atoms with Crippen molar-refractivity contribution in [3.63, 3.8) is 0 Å². The van der Waals surface area contributed by atoms with E-state index in [2.05, 4.69) is 20.6 Å². The highest BCUT2D eigenvalue weighted by atomic mass is 32.1. The van der Waals surface area contributed by atoms with Crippen LogP contribution in [0.4, 0.5) is 5.69 Å². The molecule has 0 unspecified atom stereocenters. The lowest BCUT2D eigenvalue weighted by molar-refractivity contribution is -0.114. The summed E-state index contributed by atoms with van der Waals surface area (Å²) in [6.07, 6.45) is 0. The molecule has 1 aliphatic rings. The Hall–Kier alpha value is -2.10. The number of nitrogens with one attached hydrogen (secondary N) is 1. The lowest BCUT2D eigenvalue weighted by Gasteiger charge is -2.25. The van der Waals surface area contributed by atoms with Gasteiger partial charge in [0.05, 0.1) is 25.6 Å². The van der Waals surface area contributed by atoms with Crippen LogP contribution in [0.2, 0.25) is 0 Å². The molecule has 0 spiro atoms. The number of carbonyl (C=O) groups excluding carboxylic acids is 1. The number of ether oxygens (including phenoxy) is 1. The Morgan fingerprint density at radius 2 is 2.13 bits per heavy atom. The lowest BCUT2D eigenvalue weighted by atomic mass is 10.3. The number of rotatable bonds is 4. The molecule has 23 heavy (non-hydrogen) atoms. The van der Waals surface area contributed by atoms with Crippen molar-refractivity contribution in [1.82, 2.24) is 24.7 Å². The summed E-state index contributed by atoms with van der Waals surface area (Å²) < 4.78 is 9.12. The highest BCUT2D eigenvalue weighted by Crippen LogP contribution is 2.14. The fraction of sp³-hybridized carbons (Fsp3) is 0.429. The molecule has 1 fully saturated rings. The van der Waals surface area contributed by atoms with Crippen LogP contribution in [0.25, 0.3) is 5.69 Å². The second-order valence-corrected chi connectivity index (χ2v) is 5.64. The first kappa shape index (κ1) is 15.8. The molecule has 8 nitrogen and oxygen atoms in total. The molecule has 0 aliphatic carbocycles. The van der Waals surface area contributed by atoms with Crippen molar-refractivity contribution in [2.24, 2.45) is 0 Å². The molecule has 9 heteroatoms. The SMILES string of the molecule is CC(=O)Nc1cccc(-n2nnn(CN3CCOCC3)c2=S)c1. The summed E-state index contributed by atoms with van der Waals surface area (Å²) in [5, 5.41) is 11.0. The van der Waals surface area contributed by atoms with E-state index in [1.807, 2.05) is 24.3 Å². The normalized spacial score (nSPS) is 15.5. The Balaban J connectivity index is 1.81. The molecule has 3 rings (SSSR count). The minimum atomic E-state index is -0.123. The molecule has 1 aliphatic heterocycles. The van der Waals surface area contributed by atoms with E-state index in [0.29, 0.717) is 17.1 Å². The molecule has 1 aromatic carbocycles. The smallest absolute Gasteiger partial charge is 0.221 e. The number of carbonyl (C=O) groups is 1. The summed E-state index contributed by atoms with van der Waals surface area (Å²) in [4.78, 5) is 13.4. The van der Waals surface area contributed by atoms with Gasteiger partial charge in [-0.15, -0.1) is 0 Å². The second kappa shape index (κ2) is 6.99. The van der Waals surface area contributed by atoms with Gasteiger partial charge in [-0.1, -0.05) is 6.07 Å².